The van der Waals surface area contributed by atoms with E-state index in [-0.39, 0.29) is 13.2 Å². The number of ether oxygens (including phenoxy) is 1. The fourth-order valence-electron chi connectivity index (χ4n) is 1.35. The molecule has 0 amide bonds. The zero-order chi connectivity index (χ0) is 14.3. The van der Waals surface area contributed by atoms with E-state index >= 15 is 0 Å². The predicted octanol–water partition coefficient (Wildman–Crippen LogP) is 3.62. The van der Waals surface area contributed by atoms with Crippen molar-refractivity contribution in [3.05, 3.63) is 28.7 Å². The van der Waals surface area contributed by atoms with Gasteiger partial charge >= 0.3 is 13.6 Å². The van der Waals surface area contributed by atoms with Crippen molar-refractivity contribution < 1.29 is 23.1 Å². The minimum atomic E-state index is -3.41. The van der Waals surface area contributed by atoms with Gasteiger partial charge in [-0.05, 0) is 38.1 Å². The summed E-state index contributed by atoms with van der Waals surface area (Å²) >= 11 is 3.28. The molecule has 0 aliphatic carbocycles. The van der Waals surface area contributed by atoms with Gasteiger partial charge < -0.3 is 13.8 Å². The van der Waals surface area contributed by atoms with Crippen molar-refractivity contribution in [1.82, 2.24) is 0 Å². The van der Waals surface area contributed by atoms with E-state index in [9.17, 15) is 9.36 Å². The zero-order valence-corrected chi connectivity index (χ0v) is 13.3. The Labute approximate surface area is 120 Å². The molecule has 5 nitrogen and oxygen atoms in total. The summed E-state index contributed by atoms with van der Waals surface area (Å²) in [5, 5.41) is 0. The second-order valence-corrected chi connectivity index (χ2v) is 6.50. The van der Waals surface area contributed by atoms with E-state index in [1.165, 1.54) is 0 Å². The van der Waals surface area contributed by atoms with Crippen molar-refractivity contribution in [2.75, 3.05) is 19.4 Å². The highest BCUT2D eigenvalue weighted by Crippen LogP contribution is 2.47. The molecule has 0 atom stereocenters. The maximum absolute atomic E-state index is 12.1. The average molecular weight is 351 g/mol. The number of rotatable bonds is 7. The predicted molar refractivity (Wildman–Crippen MR) is 75.5 cm³/mol. The lowest BCUT2D eigenvalue weighted by Crippen LogP contribution is -2.15. The maximum Gasteiger partial charge on any atom is 0.341 e. The van der Waals surface area contributed by atoms with Gasteiger partial charge in [0.1, 0.15) is 11.9 Å². The van der Waals surface area contributed by atoms with Crippen molar-refractivity contribution >= 4 is 29.5 Å². The highest BCUT2D eigenvalue weighted by atomic mass is 79.9. The molecule has 0 spiro atoms. The van der Waals surface area contributed by atoms with Crippen LogP contribution in [-0.2, 0) is 18.4 Å². The van der Waals surface area contributed by atoms with Gasteiger partial charge in [-0.1, -0.05) is 15.9 Å². The lowest BCUT2D eigenvalue weighted by atomic mass is 10.3. The number of carbonyl (C=O) groups excluding carboxylic acids is 1. The topological polar surface area (TPSA) is 61.8 Å². The van der Waals surface area contributed by atoms with Crippen molar-refractivity contribution in [2.24, 2.45) is 0 Å². The summed E-state index contributed by atoms with van der Waals surface area (Å²) in [4.78, 5) is 11.7. The van der Waals surface area contributed by atoms with E-state index in [2.05, 4.69) is 15.9 Å². The van der Waals surface area contributed by atoms with Gasteiger partial charge in [0, 0.05) is 4.47 Å². The molecule has 0 aliphatic rings. The van der Waals surface area contributed by atoms with E-state index in [1.807, 2.05) is 0 Å². The summed E-state index contributed by atoms with van der Waals surface area (Å²) in [6, 6.07) is 6.75. The van der Waals surface area contributed by atoms with Crippen molar-refractivity contribution in [1.29, 1.82) is 0 Å². The molecule has 0 saturated heterocycles. The molecule has 1 aromatic carbocycles. The molecule has 0 aromatic heterocycles. The normalized spacial score (nSPS) is 11.3. The van der Waals surface area contributed by atoms with Crippen LogP contribution in [0.3, 0.4) is 0 Å². The molecule has 0 saturated carbocycles. The van der Waals surface area contributed by atoms with Crippen LogP contribution in [0.1, 0.15) is 13.8 Å². The van der Waals surface area contributed by atoms with Crippen LogP contribution in [-0.4, -0.2) is 25.3 Å². The van der Waals surface area contributed by atoms with Crippen LogP contribution < -0.4 is 4.74 Å². The van der Waals surface area contributed by atoms with Gasteiger partial charge in [0.2, 0.25) is 0 Å². The van der Waals surface area contributed by atoms with E-state index in [0.717, 1.165) is 4.47 Å². The standard InChI is InChI=1S/C12H16BrO5P/c1-3-16-19(15,17-4-2)9-12(14)18-11-7-5-10(13)6-8-11/h5-8H,3-4,9H2,1-2H3. The highest BCUT2D eigenvalue weighted by molar-refractivity contribution is 9.10. The first-order valence-electron chi connectivity index (χ1n) is 5.83. The number of halogens is 1. The largest absolute Gasteiger partial charge is 0.426 e. The molecule has 0 N–H and O–H groups in total. The number of carbonyl (C=O) groups is 1. The first kappa shape index (κ1) is 16.4. The summed E-state index contributed by atoms with van der Waals surface area (Å²) in [6.45, 7) is 3.79. The van der Waals surface area contributed by atoms with Crippen LogP contribution in [0.2, 0.25) is 0 Å². The molecule has 0 heterocycles. The lowest BCUT2D eigenvalue weighted by Gasteiger charge is -2.15. The van der Waals surface area contributed by atoms with Gasteiger partial charge in [0.05, 0.1) is 13.2 Å². The monoisotopic (exact) mass is 350 g/mol. The first-order valence-corrected chi connectivity index (χ1v) is 8.35. The minimum Gasteiger partial charge on any atom is -0.426 e. The van der Waals surface area contributed by atoms with E-state index in [4.69, 9.17) is 13.8 Å². The van der Waals surface area contributed by atoms with Crippen LogP contribution in [0.5, 0.6) is 5.75 Å². The minimum absolute atomic E-state index is 0.211. The van der Waals surface area contributed by atoms with E-state index < -0.39 is 19.7 Å². The SMILES string of the molecule is CCOP(=O)(CC(=O)Oc1ccc(Br)cc1)OCC. The molecule has 19 heavy (non-hydrogen) atoms. The first-order chi connectivity index (χ1) is 8.99. The lowest BCUT2D eigenvalue weighted by molar-refractivity contribution is -0.131. The number of hydrogen-bond donors (Lipinski definition) is 0. The van der Waals surface area contributed by atoms with Crippen LogP contribution in [0.15, 0.2) is 28.7 Å². The Morgan fingerprint density at radius 2 is 1.68 bits per heavy atom. The summed E-state index contributed by atoms with van der Waals surface area (Å²) in [5.41, 5.74) is 0. The van der Waals surface area contributed by atoms with Gasteiger partial charge in [-0.15, -0.1) is 0 Å². The maximum atomic E-state index is 12.1. The van der Waals surface area contributed by atoms with Gasteiger partial charge in [0.15, 0.2) is 0 Å². The van der Waals surface area contributed by atoms with E-state index in [0.29, 0.717) is 5.75 Å². The molecule has 0 radical (unpaired) electrons. The zero-order valence-electron chi connectivity index (χ0n) is 10.8. The summed E-state index contributed by atoms with van der Waals surface area (Å²) < 4.78 is 28.1. The third-order valence-corrected chi connectivity index (χ3v) is 4.50. The Hall–Kier alpha value is -0.680. The van der Waals surface area contributed by atoms with Gasteiger partial charge in [-0.2, -0.15) is 0 Å². The van der Waals surface area contributed by atoms with Crippen LogP contribution in [0, 0.1) is 0 Å². The van der Waals surface area contributed by atoms with Gasteiger partial charge in [-0.3, -0.25) is 9.36 Å². The molecule has 0 unspecified atom stereocenters. The molecule has 1 aromatic rings. The van der Waals surface area contributed by atoms with Crippen LogP contribution in [0.4, 0.5) is 0 Å². The highest BCUT2D eigenvalue weighted by Gasteiger charge is 2.28. The molecule has 0 bridgehead atoms. The Morgan fingerprint density at radius 1 is 1.16 bits per heavy atom. The van der Waals surface area contributed by atoms with Crippen molar-refractivity contribution in [3.8, 4) is 5.75 Å². The molecular formula is C12H16BrO5P. The fourth-order valence-corrected chi connectivity index (χ4v) is 3.04. The van der Waals surface area contributed by atoms with Crippen molar-refractivity contribution in [2.45, 2.75) is 13.8 Å². The molecule has 1 rings (SSSR count). The fraction of sp³-hybridized carbons (Fsp3) is 0.417. The quantitative estimate of drug-likeness (QED) is 0.427. The number of esters is 1. The molecule has 0 aliphatic heterocycles. The third-order valence-electron chi connectivity index (χ3n) is 2.02. The average Bonchev–Trinajstić information content (AvgIpc) is 2.32. The summed E-state index contributed by atoms with van der Waals surface area (Å²) in [7, 11) is -3.41. The second kappa shape index (κ2) is 7.80. The second-order valence-electron chi connectivity index (χ2n) is 3.53. The molecule has 106 valence electrons. The Bertz CT molecular complexity index is 450. The Kier molecular flexibility index (Phi) is 6.72. The smallest absolute Gasteiger partial charge is 0.341 e. The molecule has 0 fully saturated rings. The summed E-state index contributed by atoms with van der Waals surface area (Å²) in [5.74, 6) is -0.264. The van der Waals surface area contributed by atoms with Crippen LogP contribution in [0.25, 0.3) is 0 Å². The van der Waals surface area contributed by atoms with E-state index in [1.54, 1.807) is 38.1 Å². The Balaban J connectivity index is 2.62. The van der Waals surface area contributed by atoms with Crippen LogP contribution >= 0.6 is 23.5 Å². The molecular weight excluding hydrogens is 335 g/mol. The molecule has 7 heteroatoms. The third kappa shape index (κ3) is 5.87. The van der Waals surface area contributed by atoms with Crippen molar-refractivity contribution in [3.63, 3.8) is 0 Å². The van der Waals surface area contributed by atoms with Gasteiger partial charge in [-0.25, -0.2) is 0 Å². The van der Waals surface area contributed by atoms with Gasteiger partial charge in [0.25, 0.3) is 0 Å². The number of benzene rings is 1. The Morgan fingerprint density at radius 3 is 2.16 bits per heavy atom. The summed E-state index contributed by atoms with van der Waals surface area (Å²) in [6.07, 6.45) is -0.398. The number of hydrogen-bond acceptors (Lipinski definition) is 5.